The Morgan fingerprint density at radius 1 is 1.53 bits per heavy atom. The number of carbonyl (C=O) groups is 1. The van der Waals surface area contributed by atoms with E-state index in [-0.39, 0.29) is 22.5 Å². The summed E-state index contributed by atoms with van der Waals surface area (Å²) in [6, 6.07) is 4.33. The van der Waals surface area contributed by atoms with E-state index in [1.165, 1.54) is 12.1 Å². The van der Waals surface area contributed by atoms with Crippen LogP contribution in [0, 0.1) is 6.92 Å². The van der Waals surface area contributed by atoms with E-state index in [0.717, 1.165) is 5.69 Å². The second-order valence-corrected chi connectivity index (χ2v) is 3.67. The number of carboxylic acid groups (broad SMARTS) is 1. The second kappa shape index (κ2) is 4.42. The van der Waals surface area contributed by atoms with Crippen molar-refractivity contribution in [3.8, 4) is 11.8 Å². The molecule has 2 rings (SSSR count). The molecule has 0 fully saturated rings. The summed E-state index contributed by atoms with van der Waals surface area (Å²) in [5.41, 5.74) is 0.717. The molecular formula is C10H8ClN3O3. The quantitative estimate of drug-likeness (QED) is 0.819. The fraction of sp³-hybridized carbons (Fsp3) is 0.100. The Morgan fingerprint density at radius 2 is 2.29 bits per heavy atom. The lowest BCUT2D eigenvalue weighted by Crippen LogP contribution is -2.02. The number of H-pyrrole nitrogens is 1. The highest BCUT2D eigenvalue weighted by Gasteiger charge is 2.15. The van der Waals surface area contributed by atoms with Gasteiger partial charge in [0.2, 0.25) is 11.8 Å². The van der Waals surface area contributed by atoms with Gasteiger partial charge in [0, 0.05) is 11.8 Å². The number of hydrogen-bond acceptors (Lipinski definition) is 4. The molecule has 6 nitrogen and oxygen atoms in total. The van der Waals surface area contributed by atoms with Gasteiger partial charge in [0.15, 0.2) is 0 Å². The molecule has 0 aromatic carbocycles. The number of hydrogen-bond donors (Lipinski definition) is 2. The molecule has 0 amide bonds. The predicted octanol–water partition coefficient (Wildman–Crippen LogP) is 2.26. The number of aromatic nitrogens is 3. The van der Waals surface area contributed by atoms with Gasteiger partial charge in [-0.2, -0.15) is 0 Å². The molecule has 17 heavy (non-hydrogen) atoms. The van der Waals surface area contributed by atoms with Gasteiger partial charge in [-0.3, -0.25) is 5.10 Å². The number of nitrogens with zero attached hydrogens (tertiary/aromatic N) is 2. The minimum Gasteiger partial charge on any atom is -0.477 e. The lowest BCUT2D eigenvalue weighted by molar-refractivity contribution is 0.0693. The highest BCUT2D eigenvalue weighted by Crippen LogP contribution is 2.24. The number of rotatable bonds is 3. The van der Waals surface area contributed by atoms with Gasteiger partial charge in [-0.1, -0.05) is 11.6 Å². The fourth-order valence-electron chi connectivity index (χ4n) is 1.20. The highest BCUT2D eigenvalue weighted by atomic mass is 35.5. The van der Waals surface area contributed by atoms with Gasteiger partial charge >= 0.3 is 5.97 Å². The molecule has 0 bridgehead atoms. The average molecular weight is 254 g/mol. The van der Waals surface area contributed by atoms with Crippen molar-refractivity contribution in [2.45, 2.75) is 6.92 Å². The molecule has 2 aromatic rings. The molecule has 0 radical (unpaired) electrons. The molecule has 0 saturated carbocycles. The first-order chi connectivity index (χ1) is 8.06. The van der Waals surface area contributed by atoms with Gasteiger partial charge in [0.25, 0.3) is 0 Å². The Morgan fingerprint density at radius 3 is 2.88 bits per heavy atom. The van der Waals surface area contributed by atoms with E-state index in [4.69, 9.17) is 21.4 Å². The van der Waals surface area contributed by atoms with Crippen LogP contribution in [0.3, 0.4) is 0 Å². The zero-order chi connectivity index (χ0) is 12.4. The zero-order valence-corrected chi connectivity index (χ0v) is 9.52. The van der Waals surface area contributed by atoms with E-state index < -0.39 is 5.97 Å². The maximum atomic E-state index is 10.9. The number of nitrogens with one attached hydrogen (secondary N) is 1. The van der Waals surface area contributed by atoms with E-state index >= 15 is 0 Å². The van der Waals surface area contributed by atoms with Crippen LogP contribution in [0.1, 0.15) is 16.1 Å². The highest BCUT2D eigenvalue weighted by molar-refractivity contribution is 6.29. The monoisotopic (exact) mass is 253 g/mol. The van der Waals surface area contributed by atoms with E-state index in [9.17, 15) is 4.79 Å². The molecule has 2 N–H and O–H groups in total. The van der Waals surface area contributed by atoms with Crippen LogP contribution in [0.2, 0.25) is 5.15 Å². The minimum atomic E-state index is -1.14. The maximum Gasteiger partial charge on any atom is 0.341 e. The second-order valence-electron chi connectivity index (χ2n) is 3.28. The van der Waals surface area contributed by atoms with Gasteiger partial charge in [-0.15, -0.1) is 5.10 Å². The molecule has 2 heterocycles. The summed E-state index contributed by atoms with van der Waals surface area (Å²) in [5, 5.41) is 15.6. The third kappa shape index (κ3) is 2.54. The van der Waals surface area contributed by atoms with E-state index in [2.05, 4.69) is 15.2 Å². The standard InChI is InChI=1S/C10H8ClN3O3/c1-5-4-8(14-13-5)17-9-6(10(15)16)2-3-7(11)12-9/h2-4H,1H3,(H,13,14)(H,15,16). The summed E-state index contributed by atoms with van der Waals surface area (Å²) < 4.78 is 5.25. The average Bonchev–Trinajstić information content (AvgIpc) is 2.63. The summed E-state index contributed by atoms with van der Waals surface area (Å²) >= 11 is 5.68. The molecule has 0 saturated heterocycles. The Balaban J connectivity index is 2.37. The third-order valence-corrected chi connectivity index (χ3v) is 2.15. The minimum absolute atomic E-state index is 0.0740. The Labute approximate surface area is 101 Å². The predicted molar refractivity (Wildman–Crippen MR) is 59.6 cm³/mol. The number of halogens is 1. The molecule has 0 spiro atoms. The molecule has 2 aromatic heterocycles. The van der Waals surface area contributed by atoms with E-state index in [0.29, 0.717) is 0 Å². The number of aromatic carboxylic acids is 1. The van der Waals surface area contributed by atoms with Crippen molar-refractivity contribution in [2.24, 2.45) is 0 Å². The van der Waals surface area contributed by atoms with Gasteiger partial charge in [0.1, 0.15) is 10.7 Å². The Hall–Kier alpha value is -2.08. The summed E-state index contributed by atoms with van der Waals surface area (Å²) in [7, 11) is 0. The number of aromatic amines is 1. The summed E-state index contributed by atoms with van der Waals surface area (Å²) in [4.78, 5) is 14.7. The molecule has 0 atom stereocenters. The van der Waals surface area contributed by atoms with Gasteiger partial charge in [-0.05, 0) is 19.1 Å². The van der Waals surface area contributed by atoms with Gasteiger partial charge < -0.3 is 9.84 Å². The van der Waals surface area contributed by atoms with Gasteiger partial charge in [-0.25, -0.2) is 9.78 Å². The van der Waals surface area contributed by atoms with Crippen LogP contribution in [-0.4, -0.2) is 26.3 Å². The van der Waals surface area contributed by atoms with Crippen molar-refractivity contribution in [1.82, 2.24) is 15.2 Å². The molecule has 0 aliphatic carbocycles. The zero-order valence-electron chi connectivity index (χ0n) is 8.77. The van der Waals surface area contributed by atoms with Crippen molar-refractivity contribution in [1.29, 1.82) is 0 Å². The number of aryl methyl sites for hydroxylation is 1. The SMILES string of the molecule is Cc1cc(Oc2nc(Cl)ccc2C(=O)O)n[nH]1. The first-order valence-electron chi connectivity index (χ1n) is 4.66. The molecule has 7 heteroatoms. The number of ether oxygens (including phenoxy) is 1. The maximum absolute atomic E-state index is 10.9. The van der Waals surface area contributed by atoms with E-state index in [1.54, 1.807) is 13.0 Å². The normalized spacial score (nSPS) is 10.2. The summed E-state index contributed by atoms with van der Waals surface area (Å²) in [6.45, 7) is 1.80. The first kappa shape index (κ1) is 11.4. The first-order valence-corrected chi connectivity index (χ1v) is 5.04. The van der Waals surface area contributed by atoms with Crippen molar-refractivity contribution < 1.29 is 14.6 Å². The van der Waals surface area contributed by atoms with Crippen molar-refractivity contribution in [2.75, 3.05) is 0 Å². The fourth-order valence-corrected chi connectivity index (χ4v) is 1.34. The molecule has 0 unspecified atom stereocenters. The largest absolute Gasteiger partial charge is 0.477 e. The molecular weight excluding hydrogens is 246 g/mol. The molecule has 88 valence electrons. The van der Waals surface area contributed by atoms with Crippen LogP contribution in [0.15, 0.2) is 18.2 Å². The topological polar surface area (TPSA) is 88.1 Å². The van der Waals surface area contributed by atoms with Crippen molar-refractivity contribution in [3.05, 3.63) is 34.6 Å². The van der Waals surface area contributed by atoms with Crippen LogP contribution in [0.4, 0.5) is 0 Å². The lowest BCUT2D eigenvalue weighted by atomic mass is 10.3. The van der Waals surface area contributed by atoms with Crippen molar-refractivity contribution >= 4 is 17.6 Å². The lowest BCUT2D eigenvalue weighted by Gasteiger charge is -2.04. The van der Waals surface area contributed by atoms with Crippen LogP contribution in [-0.2, 0) is 0 Å². The summed E-state index contributed by atoms with van der Waals surface area (Å²) in [6.07, 6.45) is 0. The third-order valence-electron chi connectivity index (χ3n) is 1.94. The van der Waals surface area contributed by atoms with Crippen molar-refractivity contribution in [3.63, 3.8) is 0 Å². The number of carboxylic acids is 1. The van der Waals surface area contributed by atoms with Crippen LogP contribution >= 0.6 is 11.6 Å². The van der Waals surface area contributed by atoms with Crippen LogP contribution < -0.4 is 4.74 Å². The Kier molecular flexibility index (Phi) is 2.97. The Bertz CT molecular complexity index is 568. The number of pyridine rings is 1. The molecule has 0 aliphatic rings. The van der Waals surface area contributed by atoms with Gasteiger partial charge in [0.05, 0.1) is 0 Å². The molecule has 0 aliphatic heterocycles. The van der Waals surface area contributed by atoms with Crippen LogP contribution in [0.25, 0.3) is 0 Å². The smallest absolute Gasteiger partial charge is 0.341 e. The summed E-state index contributed by atoms with van der Waals surface area (Å²) in [5.74, 6) is -0.993. The van der Waals surface area contributed by atoms with Crippen LogP contribution in [0.5, 0.6) is 11.8 Å². The van der Waals surface area contributed by atoms with E-state index in [1.807, 2.05) is 0 Å².